The first-order chi connectivity index (χ1) is 10.9. The van der Waals surface area contributed by atoms with E-state index in [2.05, 4.69) is 32.6 Å². The van der Waals surface area contributed by atoms with E-state index in [1.165, 1.54) is 12.0 Å². The van der Waals surface area contributed by atoms with Crippen LogP contribution in [0.3, 0.4) is 0 Å². The Labute approximate surface area is 128 Å². The Morgan fingerprint density at radius 1 is 1.18 bits per heavy atom. The molecule has 0 bridgehead atoms. The Morgan fingerprint density at radius 2 is 2.18 bits per heavy atom. The summed E-state index contributed by atoms with van der Waals surface area (Å²) in [6.45, 7) is 1.62. The molecule has 2 aromatic heterocycles. The quantitative estimate of drug-likeness (QED) is 0.776. The molecule has 112 valence electrons. The van der Waals surface area contributed by atoms with Crippen LogP contribution in [0, 0.1) is 0 Å². The second-order valence-corrected chi connectivity index (χ2v) is 5.53. The number of pyridine rings is 1. The van der Waals surface area contributed by atoms with E-state index in [0.717, 1.165) is 47.6 Å². The van der Waals surface area contributed by atoms with E-state index in [0.29, 0.717) is 6.61 Å². The maximum absolute atomic E-state index is 5.91. The number of aryl methyl sites for hydroxylation is 1. The molecule has 0 spiro atoms. The second-order valence-electron chi connectivity index (χ2n) is 5.53. The van der Waals surface area contributed by atoms with Crippen molar-refractivity contribution in [1.82, 2.24) is 15.2 Å². The summed E-state index contributed by atoms with van der Waals surface area (Å²) >= 11 is 0. The van der Waals surface area contributed by atoms with Gasteiger partial charge in [-0.25, -0.2) is 4.98 Å². The van der Waals surface area contributed by atoms with Gasteiger partial charge in [-0.1, -0.05) is 12.1 Å². The topological polar surface area (TPSA) is 62.8 Å². The van der Waals surface area contributed by atoms with E-state index >= 15 is 0 Å². The lowest BCUT2D eigenvalue weighted by Crippen LogP contribution is -2.14. The van der Waals surface area contributed by atoms with E-state index in [1.54, 1.807) is 6.20 Å². The van der Waals surface area contributed by atoms with E-state index in [9.17, 15) is 0 Å². The summed E-state index contributed by atoms with van der Waals surface area (Å²) in [6.07, 6.45) is 4.90. The maximum Gasteiger partial charge on any atom is 0.130 e. The van der Waals surface area contributed by atoms with Crippen LogP contribution in [-0.4, -0.2) is 28.3 Å². The van der Waals surface area contributed by atoms with Crippen molar-refractivity contribution in [2.75, 3.05) is 18.5 Å². The molecule has 0 radical (unpaired) electrons. The molecule has 2 N–H and O–H groups in total. The molecule has 5 nitrogen and oxygen atoms in total. The number of rotatable bonds is 4. The molecular weight excluding hydrogens is 276 g/mol. The molecule has 1 aliphatic heterocycles. The molecule has 1 aromatic carbocycles. The van der Waals surface area contributed by atoms with Crippen molar-refractivity contribution >= 4 is 16.7 Å². The van der Waals surface area contributed by atoms with Crippen molar-refractivity contribution in [1.29, 1.82) is 0 Å². The molecule has 5 heteroatoms. The molecule has 1 aliphatic rings. The molecule has 0 unspecified atom stereocenters. The van der Waals surface area contributed by atoms with E-state index < -0.39 is 0 Å². The Morgan fingerprint density at radius 3 is 3.18 bits per heavy atom. The summed E-state index contributed by atoms with van der Waals surface area (Å²) in [5.41, 5.74) is 3.38. The third-order valence-electron chi connectivity index (χ3n) is 4.01. The molecule has 0 fully saturated rings. The van der Waals surface area contributed by atoms with Crippen molar-refractivity contribution in [3.63, 3.8) is 0 Å². The maximum atomic E-state index is 5.91. The van der Waals surface area contributed by atoms with Crippen LogP contribution in [0.15, 0.2) is 36.5 Å². The number of anilines is 1. The highest BCUT2D eigenvalue weighted by Crippen LogP contribution is 2.24. The van der Waals surface area contributed by atoms with E-state index in [1.807, 2.05) is 18.2 Å². The van der Waals surface area contributed by atoms with Gasteiger partial charge in [0, 0.05) is 18.7 Å². The second kappa shape index (κ2) is 5.67. The van der Waals surface area contributed by atoms with Crippen molar-refractivity contribution < 1.29 is 4.74 Å². The number of aromatic amines is 1. The number of hydrogen-bond donors (Lipinski definition) is 2. The number of aromatic nitrogens is 3. The van der Waals surface area contributed by atoms with Gasteiger partial charge in [0.25, 0.3) is 0 Å². The third-order valence-corrected chi connectivity index (χ3v) is 4.01. The normalized spacial score (nSPS) is 13.6. The van der Waals surface area contributed by atoms with Gasteiger partial charge in [0.2, 0.25) is 0 Å². The molecule has 22 heavy (non-hydrogen) atoms. The summed E-state index contributed by atoms with van der Waals surface area (Å²) in [4.78, 5) is 4.69. The highest BCUT2D eigenvalue weighted by Gasteiger charge is 2.10. The minimum absolute atomic E-state index is 0.607. The van der Waals surface area contributed by atoms with Crippen molar-refractivity contribution in [2.45, 2.75) is 19.3 Å². The van der Waals surface area contributed by atoms with Crippen LogP contribution >= 0.6 is 0 Å². The SMILES string of the molecule is c1cc(OCCc2ccc3c(n2)NCCC3)c2cn[nH]c2c1. The van der Waals surface area contributed by atoms with Gasteiger partial charge in [-0.05, 0) is 36.6 Å². The number of H-pyrrole nitrogens is 1. The van der Waals surface area contributed by atoms with Crippen molar-refractivity contribution in [3.05, 3.63) is 47.8 Å². The predicted octanol–water partition coefficient (Wildman–Crippen LogP) is 2.94. The smallest absolute Gasteiger partial charge is 0.130 e. The van der Waals surface area contributed by atoms with Crippen LogP contribution in [0.5, 0.6) is 5.75 Å². The Bertz CT molecular complexity index is 796. The zero-order chi connectivity index (χ0) is 14.8. The van der Waals surface area contributed by atoms with Gasteiger partial charge in [-0.2, -0.15) is 5.10 Å². The first-order valence-corrected chi connectivity index (χ1v) is 7.68. The van der Waals surface area contributed by atoms with Crippen LogP contribution in [0.25, 0.3) is 10.9 Å². The number of fused-ring (bicyclic) bond motifs is 2. The summed E-state index contributed by atoms with van der Waals surface area (Å²) in [6, 6.07) is 10.2. The van der Waals surface area contributed by atoms with E-state index in [4.69, 9.17) is 4.74 Å². The predicted molar refractivity (Wildman–Crippen MR) is 86.3 cm³/mol. The molecule has 0 saturated carbocycles. The minimum Gasteiger partial charge on any atom is -0.492 e. The zero-order valence-corrected chi connectivity index (χ0v) is 12.3. The molecule has 4 rings (SSSR count). The number of nitrogens with zero attached hydrogens (tertiary/aromatic N) is 2. The van der Waals surface area contributed by atoms with Crippen LogP contribution in [0.1, 0.15) is 17.7 Å². The number of ether oxygens (including phenoxy) is 1. The third kappa shape index (κ3) is 2.50. The molecule has 0 aliphatic carbocycles. The highest BCUT2D eigenvalue weighted by molar-refractivity contribution is 5.84. The average molecular weight is 294 g/mol. The number of benzene rings is 1. The lowest BCUT2D eigenvalue weighted by atomic mass is 10.1. The summed E-state index contributed by atoms with van der Waals surface area (Å²) in [7, 11) is 0. The van der Waals surface area contributed by atoms with Crippen molar-refractivity contribution in [3.8, 4) is 5.75 Å². The van der Waals surface area contributed by atoms with Gasteiger partial charge < -0.3 is 10.1 Å². The van der Waals surface area contributed by atoms with Crippen LogP contribution in [0.4, 0.5) is 5.82 Å². The summed E-state index contributed by atoms with van der Waals surface area (Å²) in [5.74, 6) is 1.91. The average Bonchev–Trinajstić information content (AvgIpc) is 3.04. The lowest BCUT2D eigenvalue weighted by molar-refractivity contribution is 0.324. The largest absolute Gasteiger partial charge is 0.492 e. The van der Waals surface area contributed by atoms with Gasteiger partial charge in [0.15, 0.2) is 0 Å². The Hall–Kier alpha value is -2.56. The molecule has 0 atom stereocenters. The molecular formula is C17H18N4O. The molecule has 3 heterocycles. The Kier molecular flexibility index (Phi) is 3.39. The van der Waals surface area contributed by atoms with Gasteiger partial charge in [-0.15, -0.1) is 0 Å². The fourth-order valence-electron chi connectivity index (χ4n) is 2.84. The number of hydrogen-bond acceptors (Lipinski definition) is 4. The van der Waals surface area contributed by atoms with Gasteiger partial charge >= 0.3 is 0 Å². The lowest BCUT2D eigenvalue weighted by Gasteiger charge is -2.17. The van der Waals surface area contributed by atoms with Gasteiger partial charge in [0.1, 0.15) is 11.6 Å². The molecule has 0 amide bonds. The zero-order valence-electron chi connectivity index (χ0n) is 12.3. The standard InChI is InChI=1S/C17H18N4O/c1-4-15-14(11-19-21-15)16(5-1)22-10-8-13-7-6-12-3-2-9-18-17(12)20-13/h1,4-7,11H,2-3,8-10H2,(H,18,20)(H,19,21). The fourth-order valence-corrected chi connectivity index (χ4v) is 2.84. The van der Waals surface area contributed by atoms with E-state index in [-0.39, 0.29) is 0 Å². The summed E-state index contributed by atoms with van der Waals surface area (Å²) in [5, 5.41) is 11.4. The van der Waals surface area contributed by atoms with Crippen LogP contribution < -0.4 is 10.1 Å². The first-order valence-electron chi connectivity index (χ1n) is 7.68. The fraction of sp³-hybridized carbons (Fsp3) is 0.294. The Balaban J connectivity index is 1.44. The van der Waals surface area contributed by atoms with Crippen LogP contribution in [0.2, 0.25) is 0 Å². The summed E-state index contributed by atoms with van der Waals surface area (Å²) < 4.78 is 5.91. The molecule has 0 saturated heterocycles. The monoisotopic (exact) mass is 294 g/mol. The minimum atomic E-state index is 0.607. The van der Waals surface area contributed by atoms with Gasteiger partial charge in [-0.3, -0.25) is 5.10 Å². The van der Waals surface area contributed by atoms with Gasteiger partial charge in [0.05, 0.1) is 23.7 Å². The van der Waals surface area contributed by atoms with Crippen LogP contribution in [-0.2, 0) is 12.8 Å². The number of nitrogens with one attached hydrogen (secondary N) is 2. The highest BCUT2D eigenvalue weighted by atomic mass is 16.5. The van der Waals surface area contributed by atoms with Crippen molar-refractivity contribution in [2.24, 2.45) is 0 Å². The first kappa shape index (κ1) is 13.1. The molecule has 3 aromatic rings.